The summed E-state index contributed by atoms with van der Waals surface area (Å²) >= 11 is 3.85. The van der Waals surface area contributed by atoms with Crippen LogP contribution < -0.4 is 10.0 Å². The molecule has 0 radical (unpaired) electrons. The molecule has 0 aliphatic rings. The molecule has 1 rings (SSSR count). The summed E-state index contributed by atoms with van der Waals surface area (Å²) < 4.78 is 26.5. The Bertz CT molecular complexity index is 639. The van der Waals surface area contributed by atoms with Crippen molar-refractivity contribution in [1.82, 2.24) is 10.0 Å². The van der Waals surface area contributed by atoms with Gasteiger partial charge in [-0.15, -0.1) is 11.3 Å². The molecular formula is C11H15BrN2O5S2. The molecule has 0 fully saturated rings. The molecule has 1 heterocycles. The average Bonchev–Trinajstić information content (AvgIpc) is 2.70. The van der Waals surface area contributed by atoms with E-state index in [4.69, 9.17) is 5.11 Å². The Hall–Kier alpha value is -0.970. The van der Waals surface area contributed by atoms with E-state index in [0.717, 1.165) is 17.4 Å². The molecule has 0 aliphatic carbocycles. The van der Waals surface area contributed by atoms with Crippen molar-refractivity contribution in [2.24, 2.45) is 0 Å². The number of aromatic carboxylic acids is 1. The van der Waals surface area contributed by atoms with Crippen molar-refractivity contribution in [2.45, 2.75) is 31.2 Å². The molecule has 1 aromatic heterocycles. The molecule has 1 aromatic rings. The SMILES string of the molecule is CC(C)NC(=O)CCNS(=O)(=O)c1cc(C(=O)O)sc1Br. The lowest BCUT2D eigenvalue weighted by Crippen LogP contribution is -2.34. The topological polar surface area (TPSA) is 113 Å². The van der Waals surface area contributed by atoms with E-state index in [1.807, 2.05) is 0 Å². The largest absolute Gasteiger partial charge is 0.477 e. The van der Waals surface area contributed by atoms with Crippen molar-refractivity contribution in [3.63, 3.8) is 0 Å². The Morgan fingerprint density at radius 2 is 2.05 bits per heavy atom. The average molecular weight is 399 g/mol. The number of sulfonamides is 1. The second kappa shape index (κ2) is 7.34. The van der Waals surface area contributed by atoms with Gasteiger partial charge in [0, 0.05) is 19.0 Å². The Morgan fingerprint density at radius 3 is 2.52 bits per heavy atom. The first kappa shape index (κ1) is 18.1. The molecule has 3 N–H and O–H groups in total. The van der Waals surface area contributed by atoms with Crippen LogP contribution in [0.25, 0.3) is 0 Å². The highest BCUT2D eigenvalue weighted by atomic mass is 79.9. The lowest BCUT2D eigenvalue weighted by Gasteiger charge is -2.09. The number of carbonyl (C=O) groups excluding carboxylic acids is 1. The molecule has 0 saturated heterocycles. The smallest absolute Gasteiger partial charge is 0.345 e. The van der Waals surface area contributed by atoms with Crippen molar-refractivity contribution >= 4 is 49.2 Å². The van der Waals surface area contributed by atoms with Crippen LogP contribution in [-0.4, -0.2) is 38.0 Å². The zero-order valence-electron chi connectivity index (χ0n) is 11.3. The van der Waals surface area contributed by atoms with E-state index in [1.54, 1.807) is 13.8 Å². The van der Waals surface area contributed by atoms with Gasteiger partial charge in [-0.05, 0) is 35.8 Å². The summed E-state index contributed by atoms with van der Waals surface area (Å²) in [6.07, 6.45) is 0.00491. The third-order valence-corrected chi connectivity index (χ3v) is 5.95. The van der Waals surface area contributed by atoms with Gasteiger partial charge in [0.25, 0.3) is 0 Å². The highest BCUT2D eigenvalue weighted by Gasteiger charge is 2.23. The number of hydrogen-bond acceptors (Lipinski definition) is 5. The van der Waals surface area contributed by atoms with Crippen molar-refractivity contribution in [2.75, 3.05) is 6.54 Å². The first-order valence-corrected chi connectivity index (χ1v) is 9.04. The minimum absolute atomic E-state index is 0.00491. The van der Waals surface area contributed by atoms with Crippen LogP contribution in [0.4, 0.5) is 0 Å². The van der Waals surface area contributed by atoms with E-state index < -0.39 is 16.0 Å². The Kier molecular flexibility index (Phi) is 6.32. The molecule has 1 amide bonds. The number of rotatable bonds is 7. The Balaban J connectivity index is 2.70. The molecule has 0 spiro atoms. The van der Waals surface area contributed by atoms with E-state index in [9.17, 15) is 18.0 Å². The lowest BCUT2D eigenvalue weighted by atomic mass is 10.3. The zero-order valence-corrected chi connectivity index (χ0v) is 14.6. The predicted molar refractivity (Wildman–Crippen MR) is 82.1 cm³/mol. The lowest BCUT2D eigenvalue weighted by molar-refractivity contribution is -0.121. The maximum atomic E-state index is 12.0. The zero-order chi connectivity index (χ0) is 16.2. The van der Waals surface area contributed by atoms with Crippen LogP contribution in [-0.2, 0) is 14.8 Å². The number of hydrogen-bond donors (Lipinski definition) is 3. The van der Waals surface area contributed by atoms with Gasteiger partial charge in [0.1, 0.15) is 9.77 Å². The van der Waals surface area contributed by atoms with Crippen LogP contribution in [0, 0.1) is 0 Å². The summed E-state index contributed by atoms with van der Waals surface area (Å²) in [6, 6.07) is 1.06. The number of nitrogens with one attached hydrogen (secondary N) is 2. The number of thiophene rings is 1. The summed E-state index contributed by atoms with van der Waals surface area (Å²) in [6.45, 7) is 3.54. The minimum atomic E-state index is -3.86. The van der Waals surface area contributed by atoms with Gasteiger partial charge < -0.3 is 10.4 Å². The molecule has 0 aliphatic heterocycles. The fourth-order valence-electron chi connectivity index (χ4n) is 1.41. The highest BCUT2D eigenvalue weighted by molar-refractivity contribution is 9.11. The molecule has 21 heavy (non-hydrogen) atoms. The summed E-state index contributed by atoms with van der Waals surface area (Å²) in [5, 5.41) is 11.5. The van der Waals surface area contributed by atoms with Gasteiger partial charge >= 0.3 is 5.97 Å². The van der Waals surface area contributed by atoms with Crippen LogP contribution in [0.5, 0.6) is 0 Å². The van der Waals surface area contributed by atoms with Crippen LogP contribution >= 0.6 is 27.3 Å². The number of carbonyl (C=O) groups is 2. The van der Waals surface area contributed by atoms with Crippen molar-refractivity contribution < 1.29 is 23.1 Å². The molecule has 7 nitrogen and oxygen atoms in total. The van der Waals surface area contributed by atoms with Gasteiger partial charge in [-0.3, -0.25) is 4.79 Å². The third-order valence-electron chi connectivity index (χ3n) is 2.25. The molecule has 10 heteroatoms. The van der Waals surface area contributed by atoms with Gasteiger partial charge in [0.05, 0.1) is 3.79 Å². The van der Waals surface area contributed by atoms with Crippen LogP contribution in [0.3, 0.4) is 0 Å². The standard InChI is InChI=1S/C11H15BrN2O5S2/c1-6(2)14-9(15)3-4-13-21(18,19)8-5-7(11(16)17)20-10(8)12/h5-6,13H,3-4H2,1-2H3,(H,14,15)(H,16,17). The number of halogens is 1. The van der Waals surface area contributed by atoms with Crippen LogP contribution in [0.15, 0.2) is 14.7 Å². The summed E-state index contributed by atoms with van der Waals surface area (Å²) in [5.74, 6) is -1.46. The third kappa shape index (κ3) is 5.38. The molecule has 0 unspecified atom stereocenters. The van der Waals surface area contributed by atoms with E-state index in [-0.39, 0.29) is 38.5 Å². The van der Waals surface area contributed by atoms with E-state index in [1.165, 1.54) is 0 Å². The first-order chi connectivity index (χ1) is 9.63. The van der Waals surface area contributed by atoms with Gasteiger partial charge in [-0.25, -0.2) is 17.9 Å². The van der Waals surface area contributed by atoms with Gasteiger partial charge in [0.2, 0.25) is 15.9 Å². The maximum Gasteiger partial charge on any atom is 0.345 e. The number of carboxylic acids is 1. The Morgan fingerprint density at radius 1 is 1.43 bits per heavy atom. The second-order valence-corrected chi connectivity index (χ2v) is 8.53. The quantitative estimate of drug-likeness (QED) is 0.642. The van der Waals surface area contributed by atoms with Crippen molar-refractivity contribution in [3.05, 3.63) is 14.7 Å². The monoisotopic (exact) mass is 398 g/mol. The highest BCUT2D eigenvalue weighted by Crippen LogP contribution is 2.31. The molecule has 0 atom stereocenters. The van der Waals surface area contributed by atoms with Crippen LogP contribution in [0.2, 0.25) is 0 Å². The Labute approximate surface area is 134 Å². The van der Waals surface area contributed by atoms with Gasteiger partial charge in [0.15, 0.2) is 0 Å². The molecular weight excluding hydrogens is 384 g/mol. The normalized spacial score (nSPS) is 11.6. The van der Waals surface area contributed by atoms with E-state index in [2.05, 4.69) is 26.0 Å². The fourth-order valence-corrected chi connectivity index (χ4v) is 4.84. The van der Waals surface area contributed by atoms with Crippen LogP contribution in [0.1, 0.15) is 29.9 Å². The van der Waals surface area contributed by atoms with Gasteiger partial charge in [-0.1, -0.05) is 0 Å². The molecule has 0 bridgehead atoms. The minimum Gasteiger partial charge on any atom is -0.477 e. The molecule has 118 valence electrons. The maximum absolute atomic E-state index is 12.0. The van der Waals surface area contributed by atoms with Crippen molar-refractivity contribution in [1.29, 1.82) is 0 Å². The van der Waals surface area contributed by atoms with Crippen molar-refractivity contribution in [3.8, 4) is 0 Å². The second-order valence-electron chi connectivity index (χ2n) is 4.42. The summed E-state index contributed by atoms with van der Waals surface area (Å²) in [7, 11) is -3.86. The predicted octanol–water partition coefficient (Wildman–Crippen LogP) is 1.40. The van der Waals surface area contributed by atoms with E-state index in [0.29, 0.717) is 0 Å². The number of carboxylic acid groups (broad SMARTS) is 1. The molecule has 0 saturated carbocycles. The first-order valence-electron chi connectivity index (χ1n) is 5.95. The summed E-state index contributed by atoms with van der Waals surface area (Å²) in [4.78, 5) is 22.0. The summed E-state index contributed by atoms with van der Waals surface area (Å²) in [5.41, 5.74) is 0. The fraction of sp³-hybridized carbons (Fsp3) is 0.455. The van der Waals surface area contributed by atoms with E-state index >= 15 is 0 Å². The van der Waals surface area contributed by atoms with Gasteiger partial charge in [-0.2, -0.15) is 0 Å². The number of amides is 1. The molecule has 0 aromatic carbocycles.